The van der Waals surface area contributed by atoms with Gasteiger partial charge in [0.05, 0.1) is 29.8 Å². The monoisotopic (exact) mass is 522 g/mol. The number of hydrogen-bond acceptors (Lipinski definition) is 7. The molecule has 2 aliphatic rings. The third kappa shape index (κ3) is 7.88. The van der Waals surface area contributed by atoms with Crippen molar-refractivity contribution in [1.82, 2.24) is 0 Å². The van der Waals surface area contributed by atoms with Crippen molar-refractivity contribution in [2.24, 2.45) is 5.92 Å². The normalized spacial score (nSPS) is 26.8. The van der Waals surface area contributed by atoms with Gasteiger partial charge in [-0.05, 0) is 90.2 Å². The van der Waals surface area contributed by atoms with E-state index >= 15 is 0 Å². The molecule has 0 aliphatic carbocycles. The van der Waals surface area contributed by atoms with E-state index in [1.54, 1.807) is 13.8 Å². The summed E-state index contributed by atoms with van der Waals surface area (Å²) >= 11 is 0. The minimum absolute atomic E-state index is 0.00486. The molecule has 0 saturated carbocycles. The van der Waals surface area contributed by atoms with Crippen LogP contribution in [0.2, 0.25) is 0 Å². The highest BCUT2D eigenvalue weighted by Crippen LogP contribution is 2.30. The average molecular weight is 523 g/mol. The lowest BCUT2D eigenvalue weighted by Gasteiger charge is -2.34. The van der Waals surface area contributed by atoms with Crippen LogP contribution >= 0.6 is 0 Å². The van der Waals surface area contributed by atoms with Crippen LogP contribution in [0.15, 0.2) is 29.2 Å². The Bertz CT molecular complexity index is 1010. The van der Waals surface area contributed by atoms with E-state index in [9.17, 15) is 13.2 Å². The minimum atomic E-state index is -3.88. The molecule has 0 amide bonds. The first kappa shape index (κ1) is 28.8. The van der Waals surface area contributed by atoms with Gasteiger partial charge in [-0.2, -0.15) is 8.42 Å². The molecule has 0 aromatic heterocycles. The van der Waals surface area contributed by atoms with Gasteiger partial charge in [-0.15, -0.1) is 0 Å². The van der Waals surface area contributed by atoms with Crippen molar-refractivity contribution in [1.29, 1.82) is 0 Å². The van der Waals surface area contributed by atoms with Crippen LogP contribution in [-0.2, 0) is 33.3 Å². The molecule has 0 spiro atoms. The largest absolute Gasteiger partial charge is 0.461 e. The van der Waals surface area contributed by atoms with Gasteiger partial charge in [0, 0.05) is 0 Å². The summed E-state index contributed by atoms with van der Waals surface area (Å²) in [7, 11) is -3.88. The fourth-order valence-corrected chi connectivity index (χ4v) is 6.52. The number of esters is 1. The molecule has 1 aromatic rings. The standard InChI is InChI=1S/C28H42O7S/c1-18(2)33-28(29)26-14-13-20(4)25(35-26)12-8-10-23-9-7-11-24(34-23)17-32-36(30,31)27-21(5)15-19(3)16-22(27)6/h7,11,15-16,18,20,23-26H,8-10,12-14,17H2,1-6H3/t20-,23-,24+,25+,26-/m0/s1. The predicted octanol–water partition coefficient (Wildman–Crippen LogP) is 5.34. The second-order valence-corrected chi connectivity index (χ2v) is 12.1. The number of ether oxygens (including phenoxy) is 3. The summed E-state index contributed by atoms with van der Waals surface area (Å²) in [6.07, 6.45) is 7.88. The fraction of sp³-hybridized carbons (Fsp3) is 0.679. The van der Waals surface area contributed by atoms with Crippen LogP contribution in [0.4, 0.5) is 0 Å². The first-order valence-electron chi connectivity index (χ1n) is 13.1. The van der Waals surface area contributed by atoms with Crippen molar-refractivity contribution in [3.05, 3.63) is 41.0 Å². The third-order valence-corrected chi connectivity index (χ3v) is 8.44. The fourth-order valence-electron chi connectivity index (χ4n) is 5.18. The molecule has 0 radical (unpaired) electrons. The highest BCUT2D eigenvalue weighted by Gasteiger charge is 2.33. The van der Waals surface area contributed by atoms with Crippen LogP contribution in [0.5, 0.6) is 0 Å². The van der Waals surface area contributed by atoms with Gasteiger partial charge in [0.2, 0.25) is 0 Å². The van der Waals surface area contributed by atoms with Gasteiger partial charge in [-0.25, -0.2) is 4.79 Å². The van der Waals surface area contributed by atoms with Gasteiger partial charge in [-0.1, -0.05) is 36.8 Å². The maximum Gasteiger partial charge on any atom is 0.335 e. The average Bonchev–Trinajstić information content (AvgIpc) is 2.78. The molecule has 3 rings (SSSR count). The van der Waals surface area contributed by atoms with Crippen molar-refractivity contribution in [2.45, 2.75) is 115 Å². The lowest BCUT2D eigenvalue weighted by molar-refractivity contribution is -0.173. The molecular weight excluding hydrogens is 480 g/mol. The van der Waals surface area contributed by atoms with Crippen LogP contribution in [0.3, 0.4) is 0 Å². The minimum Gasteiger partial charge on any atom is -0.461 e. The van der Waals surface area contributed by atoms with E-state index in [1.807, 2.05) is 45.1 Å². The quantitative estimate of drug-likeness (QED) is 0.233. The molecule has 0 bridgehead atoms. The number of rotatable bonds is 10. The third-order valence-electron chi connectivity index (χ3n) is 6.85. The number of carbonyl (C=O) groups is 1. The van der Waals surface area contributed by atoms with Crippen LogP contribution in [0.25, 0.3) is 0 Å². The Morgan fingerprint density at radius 3 is 2.44 bits per heavy atom. The Hall–Kier alpha value is -1.74. The summed E-state index contributed by atoms with van der Waals surface area (Å²) in [5.41, 5.74) is 2.39. The van der Waals surface area contributed by atoms with Crippen LogP contribution in [-0.4, -0.2) is 51.5 Å². The Morgan fingerprint density at radius 1 is 1.08 bits per heavy atom. The summed E-state index contributed by atoms with van der Waals surface area (Å²) in [5, 5.41) is 0. The second kappa shape index (κ2) is 12.7. The van der Waals surface area contributed by atoms with E-state index in [-0.39, 0.29) is 35.8 Å². The van der Waals surface area contributed by atoms with Crippen molar-refractivity contribution in [3.63, 3.8) is 0 Å². The number of carbonyl (C=O) groups excluding carboxylic acids is 1. The lowest BCUT2D eigenvalue weighted by atomic mass is 9.89. The maximum absolute atomic E-state index is 12.9. The summed E-state index contributed by atoms with van der Waals surface area (Å²) < 4.78 is 48.7. The van der Waals surface area contributed by atoms with Gasteiger partial charge >= 0.3 is 5.97 Å². The lowest BCUT2D eigenvalue weighted by Crippen LogP contribution is -2.40. The second-order valence-electron chi connectivity index (χ2n) is 10.6. The molecule has 5 atom stereocenters. The molecule has 8 heteroatoms. The van der Waals surface area contributed by atoms with E-state index in [4.69, 9.17) is 18.4 Å². The van der Waals surface area contributed by atoms with E-state index in [1.165, 1.54) is 0 Å². The molecule has 2 heterocycles. The first-order chi connectivity index (χ1) is 17.0. The zero-order valence-electron chi connectivity index (χ0n) is 22.5. The van der Waals surface area contributed by atoms with E-state index < -0.39 is 22.3 Å². The Morgan fingerprint density at radius 2 is 1.78 bits per heavy atom. The van der Waals surface area contributed by atoms with Gasteiger partial charge in [0.1, 0.15) is 6.10 Å². The van der Waals surface area contributed by atoms with Gasteiger partial charge in [0.15, 0.2) is 6.10 Å². The Labute approximate surface area is 216 Å². The van der Waals surface area contributed by atoms with Crippen LogP contribution in [0.1, 0.15) is 76.0 Å². The van der Waals surface area contributed by atoms with E-state index in [0.29, 0.717) is 23.5 Å². The maximum atomic E-state index is 12.9. The molecule has 1 fully saturated rings. The SMILES string of the molecule is Cc1cc(C)c(S(=O)(=O)OC[C@H]2C=CC[C@@H](CCC[C@H]3O[C@H](C(=O)OC(C)C)CC[C@@H]3C)O2)c(C)c1. The van der Waals surface area contributed by atoms with Gasteiger partial charge in [0.25, 0.3) is 10.1 Å². The summed E-state index contributed by atoms with van der Waals surface area (Å²) in [6.45, 7) is 11.3. The molecule has 0 unspecified atom stereocenters. The molecule has 1 aromatic carbocycles. The van der Waals surface area contributed by atoms with Crippen LogP contribution in [0, 0.1) is 26.7 Å². The van der Waals surface area contributed by atoms with E-state index in [2.05, 4.69) is 6.92 Å². The van der Waals surface area contributed by atoms with Gasteiger partial charge in [-0.3, -0.25) is 4.18 Å². The Balaban J connectivity index is 1.47. The van der Waals surface area contributed by atoms with Crippen molar-refractivity contribution >= 4 is 16.1 Å². The zero-order valence-corrected chi connectivity index (χ0v) is 23.3. The highest BCUT2D eigenvalue weighted by molar-refractivity contribution is 7.86. The molecule has 202 valence electrons. The van der Waals surface area contributed by atoms with Crippen molar-refractivity contribution in [3.8, 4) is 0 Å². The van der Waals surface area contributed by atoms with Crippen molar-refractivity contribution < 1.29 is 31.6 Å². The summed E-state index contributed by atoms with van der Waals surface area (Å²) in [6, 6.07) is 3.70. The summed E-state index contributed by atoms with van der Waals surface area (Å²) in [4.78, 5) is 12.5. The summed E-state index contributed by atoms with van der Waals surface area (Å²) in [5.74, 6) is 0.122. The smallest absolute Gasteiger partial charge is 0.335 e. The molecule has 7 nitrogen and oxygen atoms in total. The molecule has 36 heavy (non-hydrogen) atoms. The predicted molar refractivity (Wildman–Crippen MR) is 138 cm³/mol. The van der Waals surface area contributed by atoms with Gasteiger partial charge < -0.3 is 14.2 Å². The van der Waals surface area contributed by atoms with Crippen LogP contribution < -0.4 is 0 Å². The molecular formula is C28H42O7S. The topological polar surface area (TPSA) is 88.1 Å². The number of hydrogen-bond donors (Lipinski definition) is 0. The highest BCUT2D eigenvalue weighted by atomic mass is 32.2. The number of aryl methyl sites for hydroxylation is 3. The number of benzene rings is 1. The first-order valence-corrected chi connectivity index (χ1v) is 14.5. The molecule has 1 saturated heterocycles. The van der Waals surface area contributed by atoms with E-state index in [0.717, 1.165) is 37.7 Å². The van der Waals surface area contributed by atoms with Crippen molar-refractivity contribution in [2.75, 3.05) is 6.61 Å². The Kier molecular flexibility index (Phi) is 10.1. The zero-order chi connectivity index (χ0) is 26.5. The molecule has 0 N–H and O–H groups in total. The molecule has 2 aliphatic heterocycles.